The first-order valence-electron chi connectivity index (χ1n) is 6.29. The van der Waals surface area contributed by atoms with Crippen LogP contribution in [0.2, 0.25) is 0 Å². The van der Waals surface area contributed by atoms with Crippen LogP contribution in [0.4, 0.5) is 11.6 Å². The molecule has 0 aliphatic carbocycles. The maximum atomic E-state index is 4.92. The fourth-order valence-corrected chi connectivity index (χ4v) is 1.85. The van der Waals surface area contributed by atoms with Gasteiger partial charge in [-0.2, -0.15) is 4.98 Å². The Labute approximate surface area is 111 Å². The first kappa shape index (κ1) is 13.3. The lowest BCUT2D eigenvalue weighted by molar-refractivity contribution is 0.387. The lowest BCUT2D eigenvalue weighted by atomic mass is 10.2. The van der Waals surface area contributed by atoms with Crippen molar-refractivity contribution >= 4 is 11.6 Å². The second-order valence-electron chi connectivity index (χ2n) is 4.06. The predicted molar refractivity (Wildman–Crippen MR) is 72.2 cm³/mol. The molecule has 0 amide bonds. The van der Waals surface area contributed by atoms with E-state index in [4.69, 9.17) is 4.52 Å². The molecule has 0 fully saturated rings. The zero-order valence-electron chi connectivity index (χ0n) is 11.4. The molecule has 7 heteroatoms. The van der Waals surface area contributed by atoms with E-state index in [0.29, 0.717) is 24.7 Å². The third-order valence-electron chi connectivity index (χ3n) is 2.75. The van der Waals surface area contributed by atoms with Gasteiger partial charge >= 0.3 is 0 Å². The lowest BCUT2D eigenvalue weighted by Crippen LogP contribution is -2.11. The van der Waals surface area contributed by atoms with Crippen LogP contribution < -0.4 is 10.6 Å². The molecule has 0 atom stereocenters. The Morgan fingerprint density at radius 1 is 1.26 bits per heavy atom. The molecule has 2 aromatic rings. The number of hydrogen-bond donors (Lipinski definition) is 2. The van der Waals surface area contributed by atoms with Crippen molar-refractivity contribution in [2.24, 2.45) is 0 Å². The summed E-state index contributed by atoms with van der Waals surface area (Å²) in [6.45, 7) is 4.56. The maximum Gasteiger partial charge on any atom is 0.223 e. The van der Waals surface area contributed by atoms with E-state index in [1.807, 2.05) is 7.05 Å². The molecule has 2 aromatic heterocycles. The van der Waals surface area contributed by atoms with Gasteiger partial charge in [0.25, 0.3) is 0 Å². The van der Waals surface area contributed by atoms with Crippen molar-refractivity contribution in [3.05, 3.63) is 23.6 Å². The Morgan fingerprint density at radius 3 is 2.68 bits per heavy atom. The third-order valence-corrected chi connectivity index (χ3v) is 2.75. The summed E-state index contributed by atoms with van der Waals surface area (Å²) in [5.74, 6) is 2.99. The van der Waals surface area contributed by atoms with E-state index in [1.54, 1.807) is 13.3 Å². The highest BCUT2D eigenvalue weighted by atomic mass is 16.5. The number of aryl methyl sites for hydroxylation is 1. The molecule has 2 N–H and O–H groups in total. The van der Waals surface area contributed by atoms with Crippen LogP contribution in [-0.4, -0.2) is 33.7 Å². The van der Waals surface area contributed by atoms with Gasteiger partial charge in [-0.3, -0.25) is 0 Å². The molecule has 0 unspecified atom stereocenters. The summed E-state index contributed by atoms with van der Waals surface area (Å²) < 4.78 is 4.92. The van der Waals surface area contributed by atoms with Gasteiger partial charge in [0.05, 0.1) is 0 Å². The first-order valence-corrected chi connectivity index (χ1v) is 6.29. The second kappa shape index (κ2) is 6.12. The zero-order valence-corrected chi connectivity index (χ0v) is 11.4. The third kappa shape index (κ3) is 3.18. The van der Waals surface area contributed by atoms with Crippen LogP contribution in [-0.2, 0) is 12.8 Å². The molecule has 0 aliphatic rings. The van der Waals surface area contributed by atoms with Gasteiger partial charge in [0.15, 0.2) is 5.82 Å². The maximum absolute atomic E-state index is 4.92. The average Bonchev–Trinajstić information content (AvgIpc) is 2.84. The van der Waals surface area contributed by atoms with E-state index >= 15 is 0 Å². The van der Waals surface area contributed by atoms with E-state index in [2.05, 4.69) is 37.7 Å². The van der Waals surface area contributed by atoms with Gasteiger partial charge in [-0.15, -0.1) is 0 Å². The van der Waals surface area contributed by atoms with Gasteiger partial charge < -0.3 is 15.2 Å². The van der Waals surface area contributed by atoms with E-state index in [-0.39, 0.29) is 0 Å². The normalized spacial score (nSPS) is 10.5. The van der Waals surface area contributed by atoms with E-state index < -0.39 is 0 Å². The van der Waals surface area contributed by atoms with Gasteiger partial charge in [-0.05, 0) is 6.42 Å². The topological polar surface area (TPSA) is 88.8 Å². The van der Waals surface area contributed by atoms with Gasteiger partial charge in [0, 0.05) is 32.5 Å². The minimum atomic E-state index is 0.587. The SMILES string of the molecule is CCc1c(NC)ncnc1NCCc1noc(C)n1. The fraction of sp³-hybridized carbons (Fsp3) is 0.500. The van der Waals surface area contributed by atoms with Crippen molar-refractivity contribution in [2.45, 2.75) is 26.7 Å². The van der Waals surface area contributed by atoms with Crippen molar-refractivity contribution in [1.82, 2.24) is 20.1 Å². The monoisotopic (exact) mass is 262 g/mol. The summed E-state index contributed by atoms with van der Waals surface area (Å²) in [4.78, 5) is 12.6. The highest BCUT2D eigenvalue weighted by molar-refractivity contribution is 5.57. The molecule has 0 aromatic carbocycles. The smallest absolute Gasteiger partial charge is 0.223 e. The van der Waals surface area contributed by atoms with Crippen LogP contribution in [0.25, 0.3) is 0 Å². The Kier molecular flexibility index (Phi) is 4.27. The summed E-state index contributed by atoms with van der Waals surface area (Å²) in [7, 11) is 1.85. The molecule has 0 saturated carbocycles. The number of aromatic nitrogens is 4. The molecule has 0 aliphatic heterocycles. The van der Waals surface area contributed by atoms with Crippen molar-refractivity contribution in [2.75, 3.05) is 24.2 Å². The predicted octanol–water partition coefficient (Wildman–Crippen LogP) is 1.43. The quantitative estimate of drug-likeness (QED) is 0.813. The fourth-order valence-electron chi connectivity index (χ4n) is 1.85. The van der Waals surface area contributed by atoms with Crippen LogP contribution in [0.1, 0.15) is 24.2 Å². The Morgan fingerprint density at radius 2 is 2.05 bits per heavy atom. The van der Waals surface area contributed by atoms with Crippen LogP contribution in [0, 0.1) is 6.92 Å². The van der Waals surface area contributed by atoms with Crippen molar-refractivity contribution in [1.29, 1.82) is 0 Å². The van der Waals surface area contributed by atoms with Crippen molar-refractivity contribution in [3.8, 4) is 0 Å². The van der Waals surface area contributed by atoms with E-state index in [0.717, 1.165) is 23.6 Å². The summed E-state index contributed by atoms with van der Waals surface area (Å²) in [6, 6.07) is 0. The Bertz CT molecular complexity index is 539. The van der Waals surface area contributed by atoms with Gasteiger partial charge in [0.1, 0.15) is 18.0 Å². The molecule has 0 radical (unpaired) electrons. The summed E-state index contributed by atoms with van der Waals surface area (Å²) in [5, 5.41) is 10.2. The average molecular weight is 262 g/mol. The van der Waals surface area contributed by atoms with Crippen molar-refractivity contribution < 1.29 is 4.52 Å². The summed E-state index contributed by atoms with van der Waals surface area (Å²) in [5.41, 5.74) is 1.08. The molecule has 102 valence electrons. The van der Waals surface area contributed by atoms with Crippen molar-refractivity contribution in [3.63, 3.8) is 0 Å². The highest BCUT2D eigenvalue weighted by Crippen LogP contribution is 2.19. The van der Waals surface area contributed by atoms with Gasteiger partial charge in [-0.25, -0.2) is 9.97 Å². The van der Waals surface area contributed by atoms with Crippen LogP contribution >= 0.6 is 0 Å². The Hall–Kier alpha value is -2.18. The summed E-state index contributed by atoms with van der Waals surface area (Å²) >= 11 is 0. The molecule has 2 rings (SSSR count). The van der Waals surface area contributed by atoms with E-state index in [1.165, 1.54) is 0 Å². The second-order valence-corrected chi connectivity index (χ2v) is 4.06. The largest absolute Gasteiger partial charge is 0.373 e. The highest BCUT2D eigenvalue weighted by Gasteiger charge is 2.08. The minimum absolute atomic E-state index is 0.587. The van der Waals surface area contributed by atoms with Crippen LogP contribution in [0.3, 0.4) is 0 Å². The molecular formula is C12H18N6O. The minimum Gasteiger partial charge on any atom is -0.373 e. The molecule has 0 bridgehead atoms. The number of anilines is 2. The molecular weight excluding hydrogens is 244 g/mol. The number of rotatable bonds is 6. The number of hydrogen-bond acceptors (Lipinski definition) is 7. The van der Waals surface area contributed by atoms with Gasteiger partial charge in [-0.1, -0.05) is 12.1 Å². The molecule has 7 nitrogen and oxygen atoms in total. The van der Waals surface area contributed by atoms with Crippen LogP contribution in [0.5, 0.6) is 0 Å². The number of nitrogens with zero attached hydrogens (tertiary/aromatic N) is 4. The Balaban J connectivity index is 1.99. The standard InChI is InChI=1S/C12H18N6O/c1-4-9-11(13-3)15-7-16-12(9)14-6-5-10-17-8(2)19-18-10/h7H,4-6H2,1-3H3,(H2,13,14,15,16). The molecule has 0 saturated heterocycles. The summed E-state index contributed by atoms with van der Waals surface area (Å²) in [6.07, 6.45) is 3.10. The zero-order chi connectivity index (χ0) is 13.7. The molecule has 19 heavy (non-hydrogen) atoms. The van der Waals surface area contributed by atoms with Gasteiger partial charge in [0.2, 0.25) is 5.89 Å². The first-order chi connectivity index (χ1) is 9.24. The number of nitrogens with one attached hydrogen (secondary N) is 2. The lowest BCUT2D eigenvalue weighted by Gasteiger charge is -2.12. The van der Waals surface area contributed by atoms with E-state index in [9.17, 15) is 0 Å². The molecule has 0 spiro atoms. The van der Waals surface area contributed by atoms with Crippen LogP contribution in [0.15, 0.2) is 10.9 Å². The molecule has 2 heterocycles.